The average Bonchev–Trinajstić information content (AvgIpc) is 3.33. The standard InChI is InChI=1S/C28H27N3OS/c1-3-30-24-13-9-8-12-22(24)23-18-21(14-15-25(23)30)19-26-27(32)31(4-2)28(33-26)29-17-16-20-10-6-5-7-11-20/h5-15,18-19H,3-4,16-17H2,1-2H3. The molecule has 0 unspecified atom stereocenters. The van der Waals surface area contributed by atoms with E-state index in [1.165, 1.54) is 39.1 Å². The maximum Gasteiger partial charge on any atom is 0.266 e. The predicted molar refractivity (Wildman–Crippen MR) is 141 cm³/mol. The van der Waals surface area contributed by atoms with Gasteiger partial charge in [0, 0.05) is 41.4 Å². The summed E-state index contributed by atoms with van der Waals surface area (Å²) in [5, 5.41) is 3.27. The Morgan fingerprint density at radius 2 is 1.64 bits per heavy atom. The molecule has 0 spiro atoms. The first-order valence-corrected chi connectivity index (χ1v) is 12.3. The van der Waals surface area contributed by atoms with Gasteiger partial charge < -0.3 is 4.57 Å². The molecule has 0 bridgehead atoms. The second kappa shape index (κ2) is 9.28. The van der Waals surface area contributed by atoms with Crippen molar-refractivity contribution in [2.45, 2.75) is 26.8 Å². The molecule has 4 nitrogen and oxygen atoms in total. The molecular formula is C28H27N3OS. The fraction of sp³-hybridized carbons (Fsp3) is 0.214. The number of amidine groups is 1. The number of hydrogen-bond donors (Lipinski definition) is 0. The maximum atomic E-state index is 13.1. The van der Waals surface area contributed by atoms with Crippen molar-refractivity contribution >= 4 is 50.7 Å². The smallest absolute Gasteiger partial charge is 0.266 e. The van der Waals surface area contributed by atoms with E-state index in [-0.39, 0.29) is 5.91 Å². The van der Waals surface area contributed by atoms with Crippen LogP contribution in [0.1, 0.15) is 25.0 Å². The topological polar surface area (TPSA) is 37.6 Å². The van der Waals surface area contributed by atoms with Crippen LogP contribution in [0.5, 0.6) is 0 Å². The van der Waals surface area contributed by atoms with Gasteiger partial charge in [0.15, 0.2) is 5.17 Å². The van der Waals surface area contributed by atoms with E-state index >= 15 is 0 Å². The van der Waals surface area contributed by atoms with Crippen LogP contribution in [-0.2, 0) is 17.8 Å². The minimum absolute atomic E-state index is 0.0389. The van der Waals surface area contributed by atoms with Crippen LogP contribution in [-0.4, -0.2) is 33.6 Å². The molecule has 1 amide bonds. The average molecular weight is 454 g/mol. The molecule has 0 N–H and O–H groups in total. The van der Waals surface area contributed by atoms with E-state index in [1.54, 1.807) is 4.90 Å². The number of carbonyl (C=O) groups is 1. The zero-order valence-corrected chi connectivity index (χ0v) is 19.8. The van der Waals surface area contributed by atoms with Gasteiger partial charge in [0.2, 0.25) is 0 Å². The van der Waals surface area contributed by atoms with Crippen LogP contribution in [0.3, 0.4) is 0 Å². The quantitative estimate of drug-likeness (QED) is 0.319. The van der Waals surface area contributed by atoms with E-state index in [1.807, 2.05) is 31.2 Å². The Morgan fingerprint density at radius 3 is 2.42 bits per heavy atom. The van der Waals surface area contributed by atoms with E-state index in [0.29, 0.717) is 13.1 Å². The first-order chi connectivity index (χ1) is 16.2. The SMILES string of the molecule is CCN1C(=O)C(=Cc2ccc3c(c2)c2ccccc2n3CC)SC1=NCCc1ccccc1. The predicted octanol–water partition coefficient (Wildman–Crippen LogP) is 6.35. The molecule has 4 aromatic rings. The molecular weight excluding hydrogens is 426 g/mol. The van der Waals surface area contributed by atoms with Crippen molar-refractivity contribution in [2.75, 3.05) is 13.1 Å². The van der Waals surface area contributed by atoms with Crippen molar-refractivity contribution in [1.29, 1.82) is 0 Å². The van der Waals surface area contributed by atoms with Crippen LogP contribution in [0.2, 0.25) is 0 Å². The van der Waals surface area contributed by atoms with Gasteiger partial charge in [0.1, 0.15) is 0 Å². The number of aliphatic imine (C=N–C) groups is 1. The normalized spacial score (nSPS) is 16.7. The molecule has 1 saturated heterocycles. The van der Waals surface area contributed by atoms with Gasteiger partial charge in [-0.15, -0.1) is 0 Å². The number of likely N-dealkylation sites (N-methyl/N-ethyl adjacent to an activating group) is 1. The molecule has 0 aliphatic carbocycles. The second-order valence-corrected chi connectivity index (χ2v) is 9.11. The summed E-state index contributed by atoms with van der Waals surface area (Å²) < 4.78 is 2.34. The molecule has 1 aliphatic heterocycles. The fourth-order valence-electron chi connectivity index (χ4n) is 4.48. The fourth-order valence-corrected chi connectivity index (χ4v) is 5.55. The summed E-state index contributed by atoms with van der Waals surface area (Å²) in [5.74, 6) is 0.0389. The number of amides is 1. The highest BCUT2D eigenvalue weighted by Crippen LogP contribution is 2.34. The summed E-state index contributed by atoms with van der Waals surface area (Å²) >= 11 is 1.48. The Bertz CT molecular complexity index is 1380. The Labute approximate surface area is 198 Å². The lowest BCUT2D eigenvalue weighted by Gasteiger charge is -2.12. The van der Waals surface area contributed by atoms with Crippen molar-refractivity contribution in [3.63, 3.8) is 0 Å². The Hall–Kier alpha value is -3.31. The first kappa shape index (κ1) is 21.5. The maximum absolute atomic E-state index is 13.1. The molecule has 0 atom stereocenters. The third-order valence-corrected chi connectivity index (χ3v) is 7.15. The van der Waals surface area contributed by atoms with Crippen molar-refractivity contribution in [3.8, 4) is 0 Å². The molecule has 0 radical (unpaired) electrons. The van der Waals surface area contributed by atoms with E-state index in [4.69, 9.17) is 4.99 Å². The van der Waals surface area contributed by atoms with Crippen LogP contribution in [0, 0.1) is 0 Å². The summed E-state index contributed by atoms with van der Waals surface area (Å²) in [6.07, 6.45) is 2.88. The first-order valence-electron chi connectivity index (χ1n) is 11.5. The number of fused-ring (bicyclic) bond motifs is 3. The zero-order valence-electron chi connectivity index (χ0n) is 19.0. The van der Waals surface area contributed by atoms with Crippen LogP contribution in [0.4, 0.5) is 0 Å². The van der Waals surface area contributed by atoms with Gasteiger partial charge in [-0.25, -0.2) is 0 Å². The van der Waals surface area contributed by atoms with E-state index in [0.717, 1.165) is 28.6 Å². The van der Waals surface area contributed by atoms with Gasteiger partial charge in [-0.05, 0) is 67.4 Å². The third kappa shape index (κ3) is 4.09. The lowest BCUT2D eigenvalue weighted by atomic mass is 10.1. The van der Waals surface area contributed by atoms with Gasteiger partial charge >= 0.3 is 0 Å². The molecule has 1 fully saturated rings. The third-order valence-electron chi connectivity index (χ3n) is 6.11. The van der Waals surface area contributed by atoms with Crippen molar-refractivity contribution in [2.24, 2.45) is 4.99 Å². The molecule has 1 aromatic heterocycles. The van der Waals surface area contributed by atoms with Gasteiger partial charge in [0.25, 0.3) is 5.91 Å². The number of hydrogen-bond acceptors (Lipinski definition) is 3. The van der Waals surface area contributed by atoms with Gasteiger partial charge in [-0.3, -0.25) is 14.7 Å². The summed E-state index contributed by atoms with van der Waals surface area (Å²) in [7, 11) is 0. The Balaban J connectivity index is 1.44. The van der Waals surface area contributed by atoms with E-state index in [2.05, 4.69) is 66.1 Å². The number of benzene rings is 3. The molecule has 2 heterocycles. The molecule has 3 aromatic carbocycles. The van der Waals surface area contributed by atoms with Crippen molar-refractivity contribution in [1.82, 2.24) is 9.47 Å². The van der Waals surface area contributed by atoms with Crippen LogP contribution < -0.4 is 0 Å². The number of rotatable bonds is 6. The van der Waals surface area contributed by atoms with E-state index < -0.39 is 0 Å². The number of aryl methyl sites for hydroxylation is 1. The molecule has 0 saturated carbocycles. The second-order valence-electron chi connectivity index (χ2n) is 8.10. The monoisotopic (exact) mass is 453 g/mol. The number of para-hydroxylation sites is 1. The molecule has 5 rings (SSSR count). The molecule has 33 heavy (non-hydrogen) atoms. The molecule has 1 aliphatic rings. The Kier molecular flexibility index (Phi) is 6.05. The largest absolute Gasteiger partial charge is 0.341 e. The Morgan fingerprint density at radius 1 is 0.879 bits per heavy atom. The van der Waals surface area contributed by atoms with Gasteiger partial charge in [-0.1, -0.05) is 54.6 Å². The number of aromatic nitrogens is 1. The highest BCUT2D eigenvalue weighted by molar-refractivity contribution is 8.18. The van der Waals surface area contributed by atoms with Crippen LogP contribution in [0.25, 0.3) is 27.9 Å². The van der Waals surface area contributed by atoms with Crippen molar-refractivity contribution in [3.05, 3.63) is 88.8 Å². The lowest BCUT2D eigenvalue weighted by molar-refractivity contribution is -0.122. The molecule has 166 valence electrons. The van der Waals surface area contributed by atoms with Crippen LogP contribution >= 0.6 is 11.8 Å². The summed E-state index contributed by atoms with van der Waals surface area (Å²) in [6.45, 7) is 6.39. The number of carbonyl (C=O) groups excluding carboxylic acids is 1. The van der Waals surface area contributed by atoms with Crippen LogP contribution in [0.15, 0.2) is 82.7 Å². The minimum atomic E-state index is 0.0389. The highest BCUT2D eigenvalue weighted by Gasteiger charge is 2.31. The lowest BCUT2D eigenvalue weighted by Crippen LogP contribution is -2.28. The van der Waals surface area contributed by atoms with E-state index in [9.17, 15) is 4.79 Å². The highest BCUT2D eigenvalue weighted by atomic mass is 32.2. The summed E-state index contributed by atoms with van der Waals surface area (Å²) in [4.78, 5) is 20.3. The zero-order chi connectivity index (χ0) is 22.8. The molecule has 5 heteroatoms. The number of nitrogens with zero attached hydrogens (tertiary/aromatic N) is 3. The van der Waals surface area contributed by atoms with Gasteiger partial charge in [0.05, 0.1) is 4.91 Å². The number of thioether (sulfide) groups is 1. The minimum Gasteiger partial charge on any atom is -0.341 e. The van der Waals surface area contributed by atoms with Gasteiger partial charge in [-0.2, -0.15) is 0 Å². The van der Waals surface area contributed by atoms with Crippen molar-refractivity contribution < 1.29 is 4.79 Å². The summed E-state index contributed by atoms with van der Waals surface area (Å²) in [6, 6.07) is 25.3. The summed E-state index contributed by atoms with van der Waals surface area (Å²) in [5.41, 5.74) is 4.77.